The molecule has 1 unspecified atom stereocenters. The van der Waals surface area contributed by atoms with Crippen LogP contribution >= 0.6 is 11.8 Å². The van der Waals surface area contributed by atoms with Gasteiger partial charge in [0.1, 0.15) is 0 Å². The van der Waals surface area contributed by atoms with Crippen LogP contribution in [0.3, 0.4) is 0 Å². The molecule has 1 N–H and O–H groups in total. The molecule has 0 spiro atoms. The van der Waals surface area contributed by atoms with Crippen molar-refractivity contribution in [1.82, 2.24) is 10.2 Å². The van der Waals surface area contributed by atoms with Crippen molar-refractivity contribution in [3.05, 3.63) is 29.8 Å². The molecule has 1 fully saturated rings. The first-order valence-corrected chi connectivity index (χ1v) is 7.87. The lowest BCUT2D eigenvalue weighted by atomic mass is 9.88. The summed E-state index contributed by atoms with van der Waals surface area (Å²) < 4.78 is 0. The zero-order chi connectivity index (χ0) is 13.9. The van der Waals surface area contributed by atoms with Gasteiger partial charge in [0.15, 0.2) is 0 Å². The Labute approximate surface area is 119 Å². The number of hydrogen-bond donors (Lipinski definition) is 1. The van der Waals surface area contributed by atoms with E-state index in [-0.39, 0.29) is 11.3 Å². The summed E-state index contributed by atoms with van der Waals surface area (Å²) >= 11 is 1.73. The number of hydrogen-bond acceptors (Lipinski definition) is 3. The number of nitrogens with one attached hydrogen (secondary N) is 1. The van der Waals surface area contributed by atoms with Crippen LogP contribution in [0.2, 0.25) is 0 Å². The third-order valence-corrected chi connectivity index (χ3v) is 4.55. The molecule has 104 valence electrons. The summed E-state index contributed by atoms with van der Waals surface area (Å²) in [5.41, 5.74) is 0.955. The number of carbonyl (C=O) groups is 1. The molecule has 1 aromatic rings. The van der Waals surface area contributed by atoms with Gasteiger partial charge >= 0.3 is 0 Å². The van der Waals surface area contributed by atoms with Crippen LogP contribution in [0, 0.1) is 5.41 Å². The molecule has 1 heterocycles. The lowest BCUT2D eigenvalue weighted by molar-refractivity contribution is -0.139. The topological polar surface area (TPSA) is 32.3 Å². The standard InChI is InChI=1S/C15H22N2OS/c1-15(8-9-16-11-15)14(18)17(2)10-12-4-6-13(19-3)7-5-12/h4-7,16H,8-11H2,1-3H3. The van der Waals surface area contributed by atoms with Gasteiger partial charge in [0.05, 0.1) is 5.41 Å². The molecule has 3 nitrogen and oxygen atoms in total. The number of rotatable bonds is 4. The molecule has 4 heteroatoms. The number of nitrogens with zero attached hydrogens (tertiary/aromatic N) is 1. The average molecular weight is 278 g/mol. The van der Waals surface area contributed by atoms with Crippen molar-refractivity contribution < 1.29 is 4.79 Å². The molecule has 1 amide bonds. The highest BCUT2D eigenvalue weighted by molar-refractivity contribution is 7.98. The molecule has 0 radical (unpaired) electrons. The van der Waals surface area contributed by atoms with E-state index in [9.17, 15) is 4.79 Å². The van der Waals surface area contributed by atoms with Crippen molar-refractivity contribution in [3.8, 4) is 0 Å². The van der Waals surface area contributed by atoms with Crippen LogP contribution < -0.4 is 5.32 Å². The predicted octanol–water partition coefficient (Wildman–Crippen LogP) is 2.37. The van der Waals surface area contributed by atoms with Gasteiger partial charge in [0.2, 0.25) is 5.91 Å². The maximum Gasteiger partial charge on any atom is 0.229 e. The Bertz CT molecular complexity index is 438. The Hall–Kier alpha value is -1.00. The van der Waals surface area contributed by atoms with E-state index in [0.29, 0.717) is 6.54 Å². The van der Waals surface area contributed by atoms with E-state index in [2.05, 4.69) is 42.8 Å². The van der Waals surface area contributed by atoms with E-state index in [0.717, 1.165) is 19.5 Å². The highest BCUT2D eigenvalue weighted by atomic mass is 32.2. The van der Waals surface area contributed by atoms with E-state index >= 15 is 0 Å². The molecule has 0 aliphatic carbocycles. The second kappa shape index (κ2) is 5.97. The SMILES string of the molecule is CSc1ccc(CN(C)C(=O)C2(C)CCNC2)cc1. The van der Waals surface area contributed by atoms with Gasteiger partial charge in [-0.3, -0.25) is 4.79 Å². The van der Waals surface area contributed by atoms with Crippen LogP contribution in [0.25, 0.3) is 0 Å². The summed E-state index contributed by atoms with van der Waals surface area (Å²) in [6, 6.07) is 8.42. The zero-order valence-corrected chi connectivity index (χ0v) is 12.7. The average Bonchev–Trinajstić information content (AvgIpc) is 2.87. The first-order chi connectivity index (χ1) is 9.05. The maximum atomic E-state index is 12.5. The minimum absolute atomic E-state index is 0.228. The van der Waals surface area contributed by atoms with Crippen molar-refractivity contribution in [2.75, 3.05) is 26.4 Å². The van der Waals surface area contributed by atoms with E-state index in [4.69, 9.17) is 0 Å². The second-order valence-corrected chi connectivity index (χ2v) is 6.38. The fourth-order valence-corrected chi connectivity index (χ4v) is 2.95. The van der Waals surface area contributed by atoms with E-state index < -0.39 is 0 Å². The Balaban J connectivity index is 1.99. The summed E-state index contributed by atoms with van der Waals surface area (Å²) in [6.45, 7) is 4.48. The first-order valence-electron chi connectivity index (χ1n) is 6.64. The Morgan fingerprint density at radius 2 is 2.11 bits per heavy atom. The predicted molar refractivity (Wildman–Crippen MR) is 80.3 cm³/mol. The van der Waals surface area contributed by atoms with Crippen molar-refractivity contribution in [2.24, 2.45) is 5.41 Å². The molecule has 2 rings (SSSR count). The Morgan fingerprint density at radius 3 is 2.63 bits per heavy atom. The molecule has 19 heavy (non-hydrogen) atoms. The van der Waals surface area contributed by atoms with Crippen molar-refractivity contribution in [2.45, 2.75) is 24.8 Å². The van der Waals surface area contributed by atoms with Gasteiger partial charge in [0, 0.05) is 25.0 Å². The summed E-state index contributed by atoms with van der Waals surface area (Å²) in [6.07, 6.45) is 3.00. The van der Waals surface area contributed by atoms with E-state index in [1.807, 2.05) is 11.9 Å². The monoisotopic (exact) mass is 278 g/mol. The fraction of sp³-hybridized carbons (Fsp3) is 0.533. The quantitative estimate of drug-likeness (QED) is 0.858. The van der Waals surface area contributed by atoms with Crippen LogP contribution in [0.5, 0.6) is 0 Å². The van der Waals surface area contributed by atoms with Gasteiger partial charge in [-0.15, -0.1) is 11.8 Å². The molecule has 1 saturated heterocycles. The van der Waals surface area contributed by atoms with E-state index in [1.54, 1.807) is 11.8 Å². The normalized spacial score (nSPS) is 22.5. The van der Waals surface area contributed by atoms with Gasteiger partial charge in [-0.05, 0) is 43.8 Å². The number of amides is 1. The smallest absolute Gasteiger partial charge is 0.229 e. The lowest BCUT2D eigenvalue weighted by Gasteiger charge is -2.28. The largest absolute Gasteiger partial charge is 0.341 e. The van der Waals surface area contributed by atoms with Gasteiger partial charge in [-0.25, -0.2) is 0 Å². The summed E-state index contributed by atoms with van der Waals surface area (Å²) in [5, 5.41) is 3.28. The number of benzene rings is 1. The maximum absolute atomic E-state index is 12.5. The summed E-state index contributed by atoms with van der Waals surface area (Å²) in [5.74, 6) is 0.242. The van der Waals surface area contributed by atoms with Gasteiger partial charge < -0.3 is 10.2 Å². The highest BCUT2D eigenvalue weighted by Gasteiger charge is 2.38. The van der Waals surface area contributed by atoms with Gasteiger partial charge in [-0.1, -0.05) is 12.1 Å². The Kier molecular flexibility index (Phi) is 4.53. The molecular weight excluding hydrogens is 256 g/mol. The minimum Gasteiger partial charge on any atom is -0.341 e. The van der Waals surface area contributed by atoms with E-state index in [1.165, 1.54) is 10.5 Å². The molecule has 0 saturated carbocycles. The fourth-order valence-electron chi connectivity index (χ4n) is 2.54. The summed E-state index contributed by atoms with van der Waals surface area (Å²) in [4.78, 5) is 15.6. The molecule has 1 aromatic carbocycles. The zero-order valence-electron chi connectivity index (χ0n) is 11.9. The second-order valence-electron chi connectivity index (χ2n) is 5.50. The molecule has 0 aromatic heterocycles. The third kappa shape index (κ3) is 3.31. The molecule has 1 atom stereocenters. The number of thioether (sulfide) groups is 1. The van der Waals surface area contributed by atoms with Crippen LogP contribution in [0.1, 0.15) is 18.9 Å². The van der Waals surface area contributed by atoms with Crippen LogP contribution in [-0.2, 0) is 11.3 Å². The Morgan fingerprint density at radius 1 is 1.42 bits per heavy atom. The lowest BCUT2D eigenvalue weighted by Crippen LogP contribution is -2.41. The van der Waals surface area contributed by atoms with Crippen molar-refractivity contribution in [3.63, 3.8) is 0 Å². The van der Waals surface area contributed by atoms with Crippen LogP contribution in [0.4, 0.5) is 0 Å². The van der Waals surface area contributed by atoms with Gasteiger partial charge in [0.25, 0.3) is 0 Å². The van der Waals surface area contributed by atoms with Crippen molar-refractivity contribution >= 4 is 17.7 Å². The van der Waals surface area contributed by atoms with Crippen LogP contribution in [-0.4, -0.2) is 37.2 Å². The number of carbonyl (C=O) groups excluding carboxylic acids is 1. The van der Waals surface area contributed by atoms with Crippen molar-refractivity contribution in [1.29, 1.82) is 0 Å². The third-order valence-electron chi connectivity index (χ3n) is 3.81. The highest BCUT2D eigenvalue weighted by Crippen LogP contribution is 2.27. The van der Waals surface area contributed by atoms with Gasteiger partial charge in [-0.2, -0.15) is 0 Å². The minimum atomic E-state index is -0.228. The van der Waals surface area contributed by atoms with Crippen LogP contribution in [0.15, 0.2) is 29.2 Å². The first kappa shape index (κ1) is 14.4. The molecular formula is C15H22N2OS. The molecule has 1 aliphatic rings. The molecule has 0 bridgehead atoms. The summed E-state index contributed by atoms with van der Waals surface area (Å²) in [7, 11) is 1.90. The molecule has 1 aliphatic heterocycles.